The number of fused-ring (bicyclic) bond motifs is 1. The first-order chi connectivity index (χ1) is 10.9. The minimum atomic E-state index is -0.995. The Morgan fingerprint density at radius 2 is 1.65 bits per heavy atom. The second-order valence-corrected chi connectivity index (χ2v) is 13.3. The number of aryl methyl sites for hydroxylation is 2. The molecule has 0 amide bonds. The Morgan fingerprint density at radius 3 is 2.23 bits per heavy atom. The van der Waals surface area contributed by atoms with Gasteiger partial charge in [-0.25, -0.2) is 0 Å². The Morgan fingerprint density at radius 1 is 1.00 bits per heavy atom. The molecule has 1 unspecified atom stereocenters. The number of thiophene rings is 1. The molecular weight excluding hydrogens is 475 g/mol. The van der Waals surface area contributed by atoms with Crippen LogP contribution >= 0.6 is 11.3 Å². The van der Waals surface area contributed by atoms with Crippen molar-refractivity contribution in [3.8, 4) is 0 Å². The molecule has 1 aromatic heterocycles. The summed E-state index contributed by atoms with van der Waals surface area (Å²) >= 11 is 2.03. The summed E-state index contributed by atoms with van der Waals surface area (Å²) in [6.07, 6.45) is 0. The van der Waals surface area contributed by atoms with Crippen molar-refractivity contribution in [2.24, 2.45) is 0 Å². The molecule has 1 atom stereocenters. The van der Waals surface area contributed by atoms with Crippen molar-refractivity contribution in [1.29, 1.82) is 0 Å². The summed E-state index contributed by atoms with van der Waals surface area (Å²) in [7, 11) is -0.995. The fourth-order valence-corrected chi connectivity index (χ4v) is 11.0. The van der Waals surface area contributed by atoms with Crippen LogP contribution in [0.5, 0.6) is 0 Å². The molecular formula is C21H23Cl2SSiZr. The quantitative estimate of drug-likeness (QED) is 0.315. The third-order valence-electron chi connectivity index (χ3n) is 5.37. The smallest absolute Gasteiger partial charge is 1.00 e. The molecule has 6 rings (SSSR count). The predicted octanol–water partition coefficient (Wildman–Crippen LogP) is 0.600. The van der Waals surface area contributed by atoms with Gasteiger partial charge in [0, 0.05) is 15.3 Å². The van der Waals surface area contributed by atoms with Crippen LogP contribution in [0.1, 0.15) is 33.3 Å². The van der Waals surface area contributed by atoms with Crippen molar-refractivity contribution in [1.82, 2.24) is 0 Å². The fourth-order valence-electron chi connectivity index (χ4n) is 4.59. The van der Waals surface area contributed by atoms with Gasteiger partial charge in [-0.05, 0) is 25.5 Å². The number of halogens is 2. The van der Waals surface area contributed by atoms with E-state index in [9.17, 15) is 0 Å². The molecule has 0 N–H and O–H groups in total. The number of hydrogen-bond donors (Lipinski definition) is 0. The normalized spacial score (nSPS) is 17.8. The summed E-state index contributed by atoms with van der Waals surface area (Å²) in [6, 6.07) is 15.2. The maximum absolute atomic E-state index is 2.52. The molecule has 0 fully saturated rings. The Bertz CT molecular complexity index is 919. The largest absolute Gasteiger partial charge is 3.00 e. The van der Waals surface area contributed by atoms with Crippen molar-refractivity contribution >= 4 is 35.4 Å². The molecule has 0 saturated heterocycles. The topological polar surface area (TPSA) is 0 Å². The number of rotatable bonds is 0. The third-order valence-corrected chi connectivity index (χ3v) is 10.8. The molecule has 2 aromatic carbocycles. The van der Waals surface area contributed by atoms with E-state index >= 15 is 0 Å². The summed E-state index contributed by atoms with van der Waals surface area (Å²) in [4.78, 5) is 3.19. The van der Waals surface area contributed by atoms with Crippen molar-refractivity contribution in [3.05, 3.63) is 68.9 Å². The monoisotopic (exact) mass is 495 g/mol. The van der Waals surface area contributed by atoms with Crippen molar-refractivity contribution in [2.75, 3.05) is 0 Å². The van der Waals surface area contributed by atoms with Gasteiger partial charge in [-0.2, -0.15) is 6.07 Å². The van der Waals surface area contributed by atoms with E-state index in [4.69, 9.17) is 0 Å². The summed E-state index contributed by atoms with van der Waals surface area (Å²) < 4.78 is 0. The molecule has 0 nitrogen and oxygen atoms in total. The molecule has 26 heavy (non-hydrogen) atoms. The zero-order valence-electron chi connectivity index (χ0n) is 15.8. The van der Waals surface area contributed by atoms with Crippen LogP contribution in [0.25, 0.3) is 16.0 Å². The van der Waals surface area contributed by atoms with Gasteiger partial charge in [0.1, 0.15) is 0 Å². The van der Waals surface area contributed by atoms with Gasteiger partial charge in [-0.1, -0.05) is 36.9 Å². The maximum atomic E-state index is 2.52. The third kappa shape index (κ3) is 3.63. The summed E-state index contributed by atoms with van der Waals surface area (Å²) in [5.74, 6) is 0. The fraction of sp³-hybridized carbons (Fsp3) is 0.286. The molecule has 135 valence electrons. The minimum Gasteiger partial charge on any atom is -1.00 e. The number of hydrogen-bond acceptors (Lipinski definition) is 1. The molecule has 5 heteroatoms. The van der Waals surface area contributed by atoms with E-state index in [-0.39, 0.29) is 51.0 Å². The van der Waals surface area contributed by atoms with Crippen molar-refractivity contribution in [2.45, 2.75) is 39.4 Å². The Balaban J connectivity index is 0.000000239. The van der Waals surface area contributed by atoms with Crippen molar-refractivity contribution in [3.63, 3.8) is 0 Å². The van der Waals surface area contributed by atoms with Crippen LogP contribution in [-0.2, 0) is 26.2 Å². The minimum absolute atomic E-state index is 0. The number of benzene rings is 1. The van der Waals surface area contributed by atoms with Crippen LogP contribution in [0, 0.1) is 13.8 Å². The molecule has 1 radical (unpaired) electrons. The van der Waals surface area contributed by atoms with Crippen LogP contribution in [0.3, 0.4) is 0 Å². The van der Waals surface area contributed by atoms with Gasteiger partial charge in [0.25, 0.3) is 0 Å². The van der Waals surface area contributed by atoms with E-state index in [1.807, 2.05) is 11.3 Å². The van der Waals surface area contributed by atoms with Crippen LogP contribution in [0.4, 0.5) is 0 Å². The van der Waals surface area contributed by atoms with E-state index in [0.717, 1.165) is 5.54 Å². The van der Waals surface area contributed by atoms with Gasteiger partial charge >= 0.3 is 26.2 Å². The molecule has 3 aliphatic rings. The van der Waals surface area contributed by atoms with E-state index < -0.39 is 8.07 Å². The van der Waals surface area contributed by atoms with Crippen LogP contribution in [-0.4, -0.2) is 8.07 Å². The summed E-state index contributed by atoms with van der Waals surface area (Å²) in [5.41, 5.74) is 5.55. The van der Waals surface area contributed by atoms with Gasteiger partial charge in [-0.3, -0.25) is 0 Å². The van der Waals surface area contributed by atoms with Gasteiger partial charge in [0.15, 0.2) is 0 Å². The second-order valence-electron chi connectivity index (χ2n) is 7.51. The van der Waals surface area contributed by atoms with Gasteiger partial charge in [0.2, 0.25) is 0 Å². The Hall–Kier alpha value is -0.0500. The predicted molar refractivity (Wildman–Crippen MR) is 106 cm³/mol. The molecule has 1 aliphatic carbocycles. The molecule has 2 aliphatic heterocycles. The van der Waals surface area contributed by atoms with Crippen LogP contribution < -0.4 is 24.8 Å². The zero-order chi connectivity index (χ0) is 16.4. The van der Waals surface area contributed by atoms with Crippen molar-refractivity contribution < 1.29 is 51.0 Å². The maximum Gasteiger partial charge on any atom is 3.00 e. The second kappa shape index (κ2) is 8.53. The molecule has 3 heterocycles. The Kier molecular flexibility index (Phi) is 7.87. The van der Waals surface area contributed by atoms with E-state index in [1.54, 1.807) is 21.2 Å². The summed E-state index contributed by atoms with van der Waals surface area (Å²) in [6.45, 7) is 11.7. The zero-order valence-corrected chi connectivity index (χ0v) is 21.6. The van der Waals surface area contributed by atoms with Gasteiger partial charge in [0.05, 0.1) is 8.07 Å². The average molecular weight is 498 g/mol. The first-order valence-electron chi connectivity index (χ1n) is 8.33. The first kappa shape index (κ1) is 24.0. The first-order valence-corrected chi connectivity index (χ1v) is 12.2. The standard InChI is InChI=1S/C11H14SSi.C10H9.2ClH.Zr/c1-6-5-8-9(12-6)11-7(2)10(8)13(11,3)4;1-8-6-9-4-2-3-5-10(9)7-8;;;/h5,11H,1-4H3;2-7H,1H3;2*1H;/q;-1;;;+3/p-2. The van der Waals surface area contributed by atoms with E-state index in [0.29, 0.717) is 0 Å². The van der Waals surface area contributed by atoms with Gasteiger partial charge < -0.3 is 24.8 Å². The van der Waals surface area contributed by atoms with Gasteiger partial charge in [-0.15, -0.1) is 51.9 Å². The summed E-state index contributed by atoms with van der Waals surface area (Å²) in [5, 5.41) is 4.47. The number of allylic oxidation sites excluding steroid dienone is 1. The average Bonchev–Trinajstić information content (AvgIpc) is 3.12. The SMILES string of the molecule is CC1=C2c3cc(C)sc3C1[Si]2(C)C.Cc1cc2ccccc2[cH-]1.[Cl-].[Cl-].[Zr+3]. The van der Waals surface area contributed by atoms with Crippen LogP contribution in [0.2, 0.25) is 13.1 Å². The molecule has 2 bridgehead atoms. The molecule has 3 aromatic rings. The molecule has 0 spiro atoms. The Labute approximate surface area is 193 Å². The van der Waals surface area contributed by atoms with E-state index in [2.05, 4.69) is 76.3 Å². The van der Waals surface area contributed by atoms with Crippen LogP contribution in [0.15, 0.2) is 48.0 Å². The molecule has 0 saturated carbocycles. The van der Waals surface area contributed by atoms with E-state index in [1.165, 1.54) is 21.2 Å².